The molecule has 0 saturated carbocycles. The highest BCUT2D eigenvalue weighted by molar-refractivity contribution is 5.92. The summed E-state index contributed by atoms with van der Waals surface area (Å²) in [6.45, 7) is 8.69. The Bertz CT molecular complexity index is 888. The van der Waals surface area contributed by atoms with Gasteiger partial charge in [0, 0.05) is 44.0 Å². The normalized spacial score (nSPS) is 14.9. The van der Waals surface area contributed by atoms with E-state index >= 15 is 0 Å². The third-order valence-corrected chi connectivity index (χ3v) is 5.52. The number of benzene rings is 2. The second-order valence-corrected chi connectivity index (χ2v) is 7.97. The second kappa shape index (κ2) is 10.5. The number of hydrogen-bond acceptors (Lipinski definition) is 6. The molecule has 31 heavy (non-hydrogen) atoms. The predicted molar refractivity (Wildman–Crippen MR) is 122 cm³/mol. The van der Waals surface area contributed by atoms with E-state index in [-0.39, 0.29) is 5.91 Å². The molecule has 1 aliphatic rings. The van der Waals surface area contributed by atoms with Crippen LogP contribution in [0, 0.1) is 13.8 Å². The van der Waals surface area contributed by atoms with Crippen LogP contribution in [0.25, 0.3) is 0 Å². The molecular formula is C24H33N3O4. The summed E-state index contributed by atoms with van der Waals surface area (Å²) in [5.41, 5.74) is 4.21. The fourth-order valence-electron chi connectivity index (χ4n) is 4.08. The number of hydrogen-bond donors (Lipinski definition) is 1. The van der Waals surface area contributed by atoms with E-state index in [0.717, 1.165) is 55.1 Å². The Morgan fingerprint density at radius 2 is 1.48 bits per heavy atom. The van der Waals surface area contributed by atoms with Gasteiger partial charge < -0.3 is 19.5 Å². The van der Waals surface area contributed by atoms with Crippen LogP contribution in [0.4, 0.5) is 5.69 Å². The lowest BCUT2D eigenvalue weighted by molar-refractivity contribution is -0.117. The second-order valence-electron chi connectivity index (χ2n) is 7.97. The van der Waals surface area contributed by atoms with Crippen molar-refractivity contribution < 1.29 is 19.0 Å². The first-order chi connectivity index (χ1) is 14.9. The largest absolute Gasteiger partial charge is 0.493 e. The fourth-order valence-corrected chi connectivity index (χ4v) is 4.08. The van der Waals surface area contributed by atoms with Gasteiger partial charge in [-0.05, 0) is 43.2 Å². The van der Waals surface area contributed by atoms with Crippen molar-refractivity contribution in [1.29, 1.82) is 0 Å². The molecule has 7 heteroatoms. The highest BCUT2D eigenvalue weighted by Crippen LogP contribution is 2.40. The molecule has 1 N–H and O–H groups in total. The molecule has 1 heterocycles. The molecule has 0 aliphatic carbocycles. The Kier molecular flexibility index (Phi) is 7.76. The summed E-state index contributed by atoms with van der Waals surface area (Å²) in [5, 5.41) is 3.02. The van der Waals surface area contributed by atoms with Crippen LogP contribution < -0.4 is 19.5 Å². The van der Waals surface area contributed by atoms with Gasteiger partial charge in [-0.3, -0.25) is 14.6 Å². The van der Waals surface area contributed by atoms with Gasteiger partial charge in [0.2, 0.25) is 11.7 Å². The predicted octanol–water partition coefficient (Wildman–Crippen LogP) is 3.09. The summed E-state index contributed by atoms with van der Waals surface area (Å²) < 4.78 is 16.5. The number of piperazine rings is 1. The molecule has 3 rings (SSSR count). The van der Waals surface area contributed by atoms with E-state index in [1.165, 1.54) is 0 Å². The molecule has 168 valence electrons. The summed E-state index contributed by atoms with van der Waals surface area (Å²) >= 11 is 0. The highest BCUT2D eigenvalue weighted by Gasteiger charge is 2.22. The van der Waals surface area contributed by atoms with E-state index in [1.54, 1.807) is 21.3 Å². The minimum atomic E-state index is 0.0278. The molecular weight excluding hydrogens is 394 g/mol. The number of nitrogens with zero attached hydrogens (tertiary/aromatic N) is 2. The number of carbonyl (C=O) groups excluding carboxylic acids is 1. The van der Waals surface area contributed by atoms with Crippen molar-refractivity contribution in [3.05, 3.63) is 47.0 Å². The van der Waals surface area contributed by atoms with Crippen molar-refractivity contribution in [3.8, 4) is 17.2 Å². The summed E-state index contributed by atoms with van der Waals surface area (Å²) in [5.74, 6) is 2.00. The van der Waals surface area contributed by atoms with Gasteiger partial charge in [-0.15, -0.1) is 0 Å². The Balaban J connectivity index is 1.53. The van der Waals surface area contributed by atoms with Crippen molar-refractivity contribution >= 4 is 11.6 Å². The van der Waals surface area contributed by atoms with Gasteiger partial charge in [0.1, 0.15) is 0 Å². The van der Waals surface area contributed by atoms with Gasteiger partial charge >= 0.3 is 0 Å². The molecule has 1 saturated heterocycles. The van der Waals surface area contributed by atoms with Gasteiger partial charge in [-0.25, -0.2) is 0 Å². The first kappa shape index (κ1) is 22.9. The number of aryl methyl sites for hydroxylation is 2. The Labute approximate surface area is 184 Å². The van der Waals surface area contributed by atoms with Crippen LogP contribution in [0.5, 0.6) is 17.2 Å². The summed E-state index contributed by atoms with van der Waals surface area (Å²) in [6.07, 6.45) is 0. The van der Waals surface area contributed by atoms with Crippen LogP contribution in [-0.4, -0.2) is 69.8 Å². The molecule has 1 amide bonds. The lowest BCUT2D eigenvalue weighted by Crippen LogP contribution is -2.48. The standard InChI is InChI=1S/C24H33N3O4/c1-17-12-18(2)14-20(13-17)25-22(28)16-27-10-8-26(9-11-27)15-19-6-7-21(29-3)24(31-5)23(19)30-4/h6-7,12-14H,8-11,15-16H2,1-5H3,(H,25,28). The van der Waals surface area contributed by atoms with E-state index in [2.05, 4.69) is 21.2 Å². The van der Waals surface area contributed by atoms with Crippen molar-refractivity contribution in [3.63, 3.8) is 0 Å². The van der Waals surface area contributed by atoms with E-state index in [9.17, 15) is 4.79 Å². The molecule has 0 spiro atoms. The smallest absolute Gasteiger partial charge is 0.238 e. The van der Waals surface area contributed by atoms with Crippen LogP contribution in [0.3, 0.4) is 0 Å². The van der Waals surface area contributed by atoms with Crippen molar-refractivity contribution in [2.24, 2.45) is 0 Å². The SMILES string of the molecule is COc1ccc(CN2CCN(CC(=O)Nc3cc(C)cc(C)c3)CC2)c(OC)c1OC. The quantitative estimate of drug-likeness (QED) is 0.699. The maximum Gasteiger partial charge on any atom is 0.238 e. The number of amides is 1. The fraction of sp³-hybridized carbons (Fsp3) is 0.458. The lowest BCUT2D eigenvalue weighted by Gasteiger charge is -2.34. The molecule has 0 radical (unpaired) electrons. The summed E-state index contributed by atoms with van der Waals surface area (Å²) in [7, 11) is 4.88. The van der Waals surface area contributed by atoms with Crippen LogP contribution in [0.2, 0.25) is 0 Å². The average Bonchev–Trinajstić information content (AvgIpc) is 2.73. The number of ether oxygens (including phenoxy) is 3. The number of anilines is 1. The Morgan fingerprint density at radius 3 is 2.06 bits per heavy atom. The van der Waals surface area contributed by atoms with Crippen LogP contribution in [0.1, 0.15) is 16.7 Å². The molecule has 0 unspecified atom stereocenters. The van der Waals surface area contributed by atoms with Gasteiger partial charge in [0.15, 0.2) is 11.5 Å². The van der Waals surface area contributed by atoms with E-state index in [4.69, 9.17) is 14.2 Å². The molecule has 0 aromatic heterocycles. The van der Waals surface area contributed by atoms with Crippen molar-refractivity contribution in [2.75, 3.05) is 59.4 Å². The zero-order valence-electron chi connectivity index (χ0n) is 19.2. The maximum absolute atomic E-state index is 12.5. The minimum absolute atomic E-state index is 0.0278. The highest BCUT2D eigenvalue weighted by atomic mass is 16.5. The number of rotatable bonds is 8. The van der Waals surface area contributed by atoms with Crippen LogP contribution in [0.15, 0.2) is 30.3 Å². The van der Waals surface area contributed by atoms with Crippen LogP contribution in [-0.2, 0) is 11.3 Å². The van der Waals surface area contributed by atoms with Gasteiger partial charge in [-0.1, -0.05) is 12.1 Å². The first-order valence-electron chi connectivity index (χ1n) is 10.5. The molecule has 2 aromatic rings. The van der Waals surface area contributed by atoms with Gasteiger partial charge in [0.05, 0.1) is 27.9 Å². The van der Waals surface area contributed by atoms with Gasteiger partial charge in [0.25, 0.3) is 0 Å². The topological polar surface area (TPSA) is 63.3 Å². The number of methoxy groups -OCH3 is 3. The summed E-state index contributed by atoms with van der Waals surface area (Å²) in [4.78, 5) is 17.0. The Morgan fingerprint density at radius 1 is 0.871 bits per heavy atom. The first-order valence-corrected chi connectivity index (χ1v) is 10.5. The van der Waals surface area contributed by atoms with Crippen LogP contribution >= 0.6 is 0 Å². The van der Waals surface area contributed by atoms with Crippen molar-refractivity contribution in [1.82, 2.24) is 9.80 Å². The number of nitrogens with one attached hydrogen (secondary N) is 1. The third kappa shape index (κ3) is 5.89. The lowest BCUT2D eigenvalue weighted by atomic mass is 10.1. The van der Waals surface area contributed by atoms with E-state index in [0.29, 0.717) is 23.8 Å². The zero-order valence-corrected chi connectivity index (χ0v) is 19.2. The molecule has 2 aromatic carbocycles. The third-order valence-electron chi connectivity index (χ3n) is 5.52. The Hall–Kier alpha value is -2.77. The van der Waals surface area contributed by atoms with E-state index in [1.807, 2.05) is 38.1 Å². The molecule has 1 aliphatic heterocycles. The van der Waals surface area contributed by atoms with Crippen molar-refractivity contribution in [2.45, 2.75) is 20.4 Å². The van der Waals surface area contributed by atoms with E-state index < -0.39 is 0 Å². The number of carbonyl (C=O) groups is 1. The maximum atomic E-state index is 12.5. The minimum Gasteiger partial charge on any atom is -0.493 e. The van der Waals surface area contributed by atoms with Gasteiger partial charge in [-0.2, -0.15) is 0 Å². The monoisotopic (exact) mass is 427 g/mol. The summed E-state index contributed by atoms with van der Waals surface area (Å²) in [6, 6.07) is 10.0. The molecule has 0 atom stereocenters. The molecule has 0 bridgehead atoms. The average molecular weight is 428 g/mol. The molecule has 7 nitrogen and oxygen atoms in total. The molecule has 1 fully saturated rings. The zero-order chi connectivity index (χ0) is 22.4.